The van der Waals surface area contributed by atoms with E-state index in [9.17, 15) is 4.79 Å². The summed E-state index contributed by atoms with van der Waals surface area (Å²) >= 11 is 7.37. The van der Waals surface area contributed by atoms with Crippen LogP contribution in [0.25, 0.3) is 0 Å². The monoisotopic (exact) mass is 297 g/mol. The predicted octanol–water partition coefficient (Wildman–Crippen LogP) is 3.64. The summed E-state index contributed by atoms with van der Waals surface area (Å²) in [6, 6.07) is 4.57. The Morgan fingerprint density at radius 3 is 2.95 bits per heavy atom. The molecule has 0 spiro atoms. The lowest BCUT2D eigenvalue weighted by Gasteiger charge is -2.06. The number of hydrogen-bond acceptors (Lipinski definition) is 4. The molecule has 0 aliphatic rings. The molecule has 0 aliphatic carbocycles. The fourth-order valence-corrected chi connectivity index (χ4v) is 2.42. The SMILES string of the molecule is CCc1nc(COc2ccc(Cl)c(C(=O)O)c2)cs1. The summed E-state index contributed by atoms with van der Waals surface area (Å²) < 4.78 is 5.52. The summed E-state index contributed by atoms with van der Waals surface area (Å²) in [7, 11) is 0. The third-order valence-corrected chi connectivity index (χ3v) is 3.83. The summed E-state index contributed by atoms with van der Waals surface area (Å²) in [4.78, 5) is 15.3. The van der Waals surface area contributed by atoms with Gasteiger partial charge in [-0.2, -0.15) is 0 Å². The highest BCUT2D eigenvalue weighted by molar-refractivity contribution is 7.09. The zero-order valence-corrected chi connectivity index (χ0v) is 11.8. The lowest BCUT2D eigenvalue weighted by Crippen LogP contribution is -2.00. The number of nitrogens with zero attached hydrogens (tertiary/aromatic N) is 1. The molecule has 1 aromatic carbocycles. The number of rotatable bonds is 5. The number of halogens is 1. The van der Waals surface area contributed by atoms with Gasteiger partial charge in [-0.15, -0.1) is 11.3 Å². The first-order valence-electron chi connectivity index (χ1n) is 5.69. The number of benzene rings is 1. The maximum Gasteiger partial charge on any atom is 0.337 e. The van der Waals surface area contributed by atoms with Gasteiger partial charge >= 0.3 is 5.97 Å². The molecule has 0 amide bonds. The largest absolute Gasteiger partial charge is 0.487 e. The molecule has 0 atom stereocenters. The highest BCUT2D eigenvalue weighted by Crippen LogP contribution is 2.23. The van der Waals surface area contributed by atoms with E-state index in [0.29, 0.717) is 12.4 Å². The summed E-state index contributed by atoms with van der Waals surface area (Å²) in [6.45, 7) is 2.36. The summed E-state index contributed by atoms with van der Waals surface area (Å²) in [5.74, 6) is -0.606. The average Bonchev–Trinajstić information content (AvgIpc) is 2.85. The number of aromatic carboxylic acids is 1. The molecule has 0 fully saturated rings. The van der Waals surface area contributed by atoms with Crippen LogP contribution in [0, 0.1) is 0 Å². The molecule has 2 aromatic rings. The van der Waals surface area contributed by atoms with Crippen LogP contribution < -0.4 is 4.74 Å². The minimum atomic E-state index is -1.07. The van der Waals surface area contributed by atoms with Crippen LogP contribution >= 0.6 is 22.9 Å². The van der Waals surface area contributed by atoms with Gasteiger partial charge in [-0.05, 0) is 24.6 Å². The van der Waals surface area contributed by atoms with Crippen LogP contribution in [0.5, 0.6) is 5.75 Å². The number of carboxylic acid groups (broad SMARTS) is 1. The molecule has 0 bridgehead atoms. The molecule has 1 heterocycles. The Kier molecular flexibility index (Phi) is 4.39. The van der Waals surface area contributed by atoms with Crippen molar-refractivity contribution in [2.24, 2.45) is 0 Å². The van der Waals surface area contributed by atoms with Crippen molar-refractivity contribution in [2.45, 2.75) is 20.0 Å². The van der Waals surface area contributed by atoms with Crippen LogP contribution in [-0.4, -0.2) is 16.1 Å². The van der Waals surface area contributed by atoms with Crippen molar-refractivity contribution in [3.63, 3.8) is 0 Å². The van der Waals surface area contributed by atoms with E-state index in [-0.39, 0.29) is 10.6 Å². The van der Waals surface area contributed by atoms with Gasteiger partial charge in [0.2, 0.25) is 0 Å². The number of carbonyl (C=O) groups is 1. The van der Waals surface area contributed by atoms with Crippen molar-refractivity contribution in [3.05, 3.63) is 44.9 Å². The van der Waals surface area contributed by atoms with E-state index in [2.05, 4.69) is 4.98 Å². The van der Waals surface area contributed by atoms with Crippen molar-refractivity contribution in [1.82, 2.24) is 4.98 Å². The van der Waals surface area contributed by atoms with E-state index in [0.717, 1.165) is 17.1 Å². The molecule has 0 saturated heterocycles. The Hall–Kier alpha value is -1.59. The van der Waals surface area contributed by atoms with E-state index >= 15 is 0 Å². The summed E-state index contributed by atoms with van der Waals surface area (Å²) in [6.07, 6.45) is 0.898. The molecule has 0 saturated carbocycles. The fourth-order valence-electron chi connectivity index (χ4n) is 1.49. The Morgan fingerprint density at radius 1 is 1.53 bits per heavy atom. The molecule has 0 aliphatic heterocycles. The van der Waals surface area contributed by atoms with Gasteiger partial charge in [0.25, 0.3) is 0 Å². The molecule has 6 heteroatoms. The molecule has 4 nitrogen and oxygen atoms in total. The Balaban J connectivity index is 2.07. The molecule has 1 aromatic heterocycles. The topological polar surface area (TPSA) is 59.4 Å². The molecule has 1 N–H and O–H groups in total. The van der Waals surface area contributed by atoms with Gasteiger partial charge in [-0.3, -0.25) is 0 Å². The minimum Gasteiger partial charge on any atom is -0.487 e. The quantitative estimate of drug-likeness (QED) is 0.915. The standard InChI is InChI=1S/C13H12ClNO3S/c1-2-12-15-8(7-19-12)6-18-9-3-4-11(14)10(5-9)13(16)17/h3-5,7H,2,6H2,1H3,(H,16,17). The van der Waals surface area contributed by atoms with E-state index < -0.39 is 5.97 Å². The van der Waals surface area contributed by atoms with Crippen molar-refractivity contribution < 1.29 is 14.6 Å². The maximum atomic E-state index is 10.9. The second-order valence-corrected chi connectivity index (χ2v) is 5.17. The highest BCUT2D eigenvalue weighted by Gasteiger charge is 2.10. The molecular weight excluding hydrogens is 286 g/mol. The first-order valence-corrected chi connectivity index (χ1v) is 6.95. The van der Waals surface area contributed by atoms with Crippen LogP contribution in [0.1, 0.15) is 28.0 Å². The third kappa shape index (κ3) is 3.45. The molecule has 19 heavy (non-hydrogen) atoms. The van der Waals surface area contributed by atoms with Gasteiger partial charge in [0, 0.05) is 5.38 Å². The van der Waals surface area contributed by atoms with Crippen LogP contribution in [-0.2, 0) is 13.0 Å². The average molecular weight is 298 g/mol. The van der Waals surface area contributed by atoms with Crippen molar-refractivity contribution in [2.75, 3.05) is 0 Å². The summed E-state index contributed by atoms with van der Waals surface area (Å²) in [5, 5.41) is 12.1. The highest BCUT2D eigenvalue weighted by atomic mass is 35.5. The van der Waals surface area contributed by atoms with Crippen molar-refractivity contribution in [3.8, 4) is 5.75 Å². The lowest BCUT2D eigenvalue weighted by atomic mass is 10.2. The zero-order chi connectivity index (χ0) is 13.8. The Labute approximate surface area is 119 Å². The van der Waals surface area contributed by atoms with E-state index in [1.807, 2.05) is 12.3 Å². The second-order valence-electron chi connectivity index (χ2n) is 3.82. The number of aryl methyl sites for hydroxylation is 1. The first-order chi connectivity index (χ1) is 9.10. The van der Waals surface area contributed by atoms with Crippen LogP contribution in [0.2, 0.25) is 5.02 Å². The molecule has 0 radical (unpaired) electrons. The predicted molar refractivity (Wildman–Crippen MR) is 74.2 cm³/mol. The molecular formula is C13H12ClNO3S. The van der Waals surface area contributed by atoms with E-state index in [1.54, 1.807) is 17.4 Å². The van der Waals surface area contributed by atoms with Crippen LogP contribution in [0.3, 0.4) is 0 Å². The number of hydrogen-bond donors (Lipinski definition) is 1. The third-order valence-electron chi connectivity index (χ3n) is 2.46. The second kappa shape index (κ2) is 6.04. The van der Waals surface area contributed by atoms with Crippen molar-refractivity contribution in [1.29, 1.82) is 0 Å². The van der Waals surface area contributed by atoms with Gasteiger partial charge < -0.3 is 9.84 Å². The van der Waals surface area contributed by atoms with Gasteiger partial charge in [-0.25, -0.2) is 9.78 Å². The maximum absolute atomic E-state index is 10.9. The smallest absolute Gasteiger partial charge is 0.337 e. The van der Waals surface area contributed by atoms with Crippen molar-refractivity contribution >= 4 is 28.9 Å². The minimum absolute atomic E-state index is 0.0340. The van der Waals surface area contributed by atoms with Crippen LogP contribution in [0.4, 0.5) is 0 Å². The zero-order valence-electron chi connectivity index (χ0n) is 10.2. The van der Waals surface area contributed by atoms with Gasteiger partial charge in [0.1, 0.15) is 12.4 Å². The Morgan fingerprint density at radius 2 is 2.32 bits per heavy atom. The van der Waals surface area contributed by atoms with E-state index in [4.69, 9.17) is 21.4 Å². The van der Waals surface area contributed by atoms with Gasteiger partial charge in [0.05, 0.1) is 21.3 Å². The fraction of sp³-hybridized carbons (Fsp3) is 0.231. The molecule has 2 rings (SSSR count). The molecule has 0 unspecified atom stereocenters. The van der Waals surface area contributed by atoms with E-state index in [1.165, 1.54) is 12.1 Å². The summed E-state index contributed by atoms with van der Waals surface area (Å²) in [5.41, 5.74) is 0.875. The first kappa shape index (κ1) is 13.8. The Bertz CT molecular complexity index is 597. The van der Waals surface area contributed by atoms with Gasteiger partial charge in [0.15, 0.2) is 0 Å². The number of ether oxygens (including phenoxy) is 1. The lowest BCUT2D eigenvalue weighted by molar-refractivity contribution is 0.0696. The molecule has 100 valence electrons. The number of carboxylic acids is 1. The normalized spacial score (nSPS) is 10.4. The van der Waals surface area contributed by atoms with Crippen LogP contribution in [0.15, 0.2) is 23.6 Å². The van der Waals surface area contributed by atoms with Gasteiger partial charge in [-0.1, -0.05) is 18.5 Å². The number of thiazole rings is 1. The number of aromatic nitrogens is 1.